The quantitative estimate of drug-likeness (QED) is 0.929. The van der Waals surface area contributed by atoms with Crippen LogP contribution in [0.25, 0.3) is 0 Å². The molecule has 3 heteroatoms. The van der Waals surface area contributed by atoms with E-state index in [2.05, 4.69) is 0 Å². The first-order valence-electron chi connectivity index (χ1n) is 7.03. The van der Waals surface area contributed by atoms with Crippen molar-refractivity contribution in [1.29, 1.82) is 0 Å². The zero-order chi connectivity index (χ0) is 15.6. The van der Waals surface area contributed by atoms with Gasteiger partial charge >= 0.3 is 0 Å². The minimum Gasteiger partial charge on any atom is -0.508 e. The molecule has 1 unspecified atom stereocenters. The maximum absolute atomic E-state index is 12.6. The predicted octanol–water partition coefficient (Wildman–Crippen LogP) is 3.84. The van der Waals surface area contributed by atoms with Crippen LogP contribution in [0.3, 0.4) is 0 Å². The van der Waals surface area contributed by atoms with Crippen molar-refractivity contribution < 1.29 is 9.90 Å². The SMILES string of the molecule is Cc1cc(C)cc(C(=O)N(C)C(C)c2ccccc2O)c1. The van der Waals surface area contributed by atoms with Gasteiger partial charge in [-0.3, -0.25) is 4.79 Å². The highest BCUT2D eigenvalue weighted by molar-refractivity contribution is 5.94. The topological polar surface area (TPSA) is 40.5 Å². The summed E-state index contributed by atoms with van der Waals surface area (Å²) in [6.07, 6.45) is 0. The van der Waals surface area contributed by atoms with Crippen LogP contribution in [-0.4, -0.2) is 23.0 Å². The Morgan fingerprint density at radius 2 is 1.67 bits per heavy atom. The summed E-state index contributed by atoms with van der Waals surface area (Å²) >= 11 is 0. The average Bonchev–Trinajstić information content (AvgIpc) is 2.44. The molecule has 1 amide bonds. The number of benzene rings is 2. The molecule has 0 radical (unpaired) electrons. The number of aryl methyl sites for hydroxylation is 2. The van der Waals surface area contributed by atoms with E-state index in [0.717, 1.165) is 16.7 Å². The van der Waals surface area contributed by atoms with E-state index in [4.69, 9.17) is 0 Å². The summed E-state index contributed by atoms with van der Waals surface area (Å²) in [4.78, 5) is 14.3. The lowest BCUT2D eigenvalue weighted by Gasteiger charge is -2.26. The van der Waals surface area contributed by atoms with Crippen molar-refractivity contribution in [3.63, 3.8) is 0 Å². The van der Waals surface area contributed by atoms with Crippen LogP contribution >= 0.6 is 0 Å². The Labute approximate surface area is 125 Å². The molecule has 0 spiro atoms. The number of para-hydroxylation sites is 1. The van der Waals surface area contributed by atoms with Crippen molar-refractivity contribution in [3.8, 4) is 5.75 Å². The molecule has 0 aliphatic carbocycles. The lowest BCUT2D eigenvalue weighted by atomic mass is 10.0. The zero-order valence-electron chi connectivity index (χ0n) is 12.9. The highest BCUT2D eigenvalue weighted by atomic mass is 16.3. The Bertz CT molecular complexity index is 644. The second-order valence-corrected chi connectivity index (χ2v) is 5.53. The molecule has 0 bridgehead atoms. The summed E-state index contributed by atoms with van der Waals surface area (Å²) in [5.74, 6) is 0.169. The van der Waals surface area contributed by atoms with E-state index in [1.807, 2.05) is 51.1 Å². The molecule has 1 atom stereocenters. The van der Waals surface area contributed by atoms with Gasteiger partial charge in [0.05, 0.1) is 6.04 Å². The summed E-state index contributed by atoms with van der Waals surface area (Å²) in [6, 6.07) is 12.7. The molecular formula is C18H21NO2. The average molecular weight is 283 g/mol. The first kappa shape index (κ1) is 15.1. The summed E-state index contributed by atoms with van der Waals surface area (Å²) < 4.78 is 0. The first-order valence-corrected chi connectivity index (χ1v) is 7.03. The smallest absolute Gasteiger partial charge is 0.254 e. The van der Waals surface area contributed by atoms with E-state index in [-0.39, 0.29) is 17.7 Å². The predicted molar refractivity (Wildman–Crippen MR) is 84.5 cm³/mol. The van der Waals surface area contributed by atoms with Crippen molar-refractivity contribution in [1.82, 2.24) is 4.90 Å². The molecule has 0 heterocycles. The van der Waals surface area contributed by atoms with Crippen molar-refractivity contribution in [2.24, 2.45) is 0 Å². The number of phenols is 1. The van der Waals surface area contributed by atoms with Crippen molar-refractivity contribution >= 4 is 5.91 Å². The number of rotatable bonds is 3. The molecule has 0 fully saturated rings. The van der Waals surface area contributed by atoms with Gasteiger partial charge in [0.15, 0.2) is 0 Å². The van der Waals surface area contributed by atoms with E-state index in [0.29, 0.717) is 5.56 Å². The van der Waals surface area contributed by atoms with Gasteiger partial charge in [-0.2, -0.15) is 0 Å². The third-order valence-electron chi connectivity index (χ3n) is 3.76. The number of carbonyl (C=O) groups is 1. The van der Waals surface area contributed by atoms with Crippen LogP contribution in [0.15, 0.2) is 42.5 Å². The normalized spacial score (nSPS) is 12.0. The number of phenolic OH excluding ortho intramolecular Hbond substituents is 1. The Morgan fingerprint density at radius 1 is 1.10 bits per heavy atom. The van der Waals surface area contributed by atoms with Crippen molar-refractivity contribution in [2.45, 2.75) is 26.8 Å². The minimum atomic E-state index is -0.195. The number of nitrogens with zero attached hydrogens (tertiary/aromatic N) is 1. The van der Waals surface area contributed by atoms with Crippen molar-refractivity contribution in [3.05, 3.63) is 64.7 Å². The summed E-state index contributed by atoms with van der Waals surface area (Å²) in [5, 5.41) is 9.93. The first-order chi connectivity index (χ1) is 9.90. The second-order valence-electron chi connectivity index (χ2n) is 5.53. The molecule has 0 saturated heterocycles. The Kier molecular flexibility index (Phi) is 4.32. The molecule has 0 saturated carbocycles. The maximum Gasteiger partial charge on any atom is 0.254 e. The van der Waals surface area contributed by atoms with E-state index >= 15 is 0 Å². The standard InChI is InChI=1S/C18H21NO2/c1-12-9-13(2)11-15(10-12)18(21)19(4)14(3)16-7-5-6-8-17(16)20/h5-11,14,20H,1-4H3. The van der Waals surface area contributed by atoms with Gasteiger partial charge < -0.3 is 10.0 Å². The molecule has 21 heavy (non-hydrogen) atoms. The Balaban J connectivity index is 2.28. The minimum absolute atomic E-state index is 0.0439. The molecule has 0 aliphatic heterocycles. The largest absolute Gasteiger partial charge is 0.508 e. The highest BCUT2D eigenvalue weighted by Crippen LogP contribution is 2.28. The molecule has 2 aromatic rings. The van der Waals surface area contributed by atoms with Gasteiger partial charge in [-0.25, -0.2) is 0 Å². The van der Waals surface area contributed by atoms with E-state index in [1.54, 1.807) is 24.1 Å². The van der Waals surface area contributed by atoms with Gasteiger partial charge in [0.1, 0.15) is 5.75 Å². The van der Waals surface area contributed by atoms with Gasteiger partial charge in [0.2, 0.25) is 0 Å². The van der Waals surface area contributed by atoms with Crippen LogP contribution in [0.4, 0.5) is 0 Å². The molecule has 110 valence electrons. The third kappa shape index (κ3) is 3.24. The fourth-order valence-corrected chi connectivity index (χ4v) is 2.53. The summed E-state index contributed by atoms with van der Waals surface area (Å²) in [5.41, 5.74) is 3.57. The Hall–Kier alpha value is -2.29. The second kappa shape index (κ2) is 6.00. The summed E-state index contributed by atoms with van der Waals surface area (Å²) in [7, 11) is 1.76. The number of hydrogen-bond donors (Lipinski definition) is 1. The molecule has 0 aromatic heterocycles. The van der Waals surface area contributed by atoms with E-state index in [1.165, 1.54) is 0 Å². The molecule has 2 rings (SSSR count). The highest BCUT2D eigenvalue weighted by Gasteiger charge is 2.21. The fourth-order valence-electron chi connectivity index (χ4n) is 2.53. The van der Waals surface area contributed by atoms with Gasteiger partial charge in [0, 0.05) is 18.2 Å². The van der Waals surface area contributed by atoms with Gasteiger partial charge in [-0.1, -0.05) is 35.4 Å². The molecule has 0 aliphatic rings. The Morgan fingerprint density at radius 3 is 2.24 bits per heavy atom. The molecule has 1 N–H and O–H groups in total. The lowest BCUT2D eigenvalue weighted by Crippen LogP contribution is -2.29. The molecular weight excluding hydrogens is 262 g/mol. The third-order valence-corrected chi connectivity index (χ3v) is 3.76. The monoisotopic (exact) mass is 283 g/mol. The van der Waals surface area contributed by atoms with Crippen LogP contribution in [0.2, 0.25) is 0 Å². The van der Waals surface area contributed by atoms with Gasteiger partial charge in [-0.05, 0) is 39.0 Å². The van der Waals surface area contributed by atoms with Crippen LogP contribution in [-0.2, 0) is 0 Å². The number of hydrogen-bond acceptors (Lipinski definition) is 2. The van der Waals surface area contributed by atoms with Crippen LogP contribution < -0.4 is 0 Å². The van der Waals surface area contributed by atoms with Gasteiger partial charge in [-0.15, -0.1) is 0 Å². The van der Waals surface area contributed by atoms with Crippen LogP contribution in [0, 0.1) is 13.8 Å². The van der Waals surface area contributed by atoms with Crippen molar-refractivity contribution in [2.75, 3.05) is 7.05 Å². The van der Waals surface area contributed by atoms with Crippen LogP contribution in [0.5, 0.6) is 5.75 Å². The molecule has 3 nitrogen and oxygen atoms in total. The van der Waals surface area contributed by atoms with Crippen LogP contribution in [0.1, 0.15) is 40.0 Å². The number of aromatic hydroxyl groups is 1. The summed E-state index contributed by atoms with van der Waals surface area (Å²) in [6.45, 7) is 5.88. The van der Waals surface area contributed by atoms with E-state index < -0.39 is 0 Å². The molecule has 2 aromatic carbocycles. The maximum atomic E-state index is 12.6. The van der Waals surface area contributed by atoms with Gasteiger partial charge in [0.25, 0.3) is 5.91 Å². The number of carbonyl (C=O) groups excluding carboxylic acids is 1. The zero-order valence-corrected chi connectivity index (χ0v) is 12.9. The van der Waals surface area contributed by atoms with E-state index in [9.17, 15) is 9.90 Å². The fraction of sp³-hybridized carbons (Fsp3) is 0.278. The number of amides is 1. The lowest BCUT2D eigenvalue weighted by molar-refractivity contribution is 0.0741.